The molecule has 6 nitrogen and oxygen atoms in total. The van der Waals surface area contributed by atoms with E-state index in [1.807, 2.05) is 29.0 Å². The van der Waals surface area contributed by atoms with Crippen LogP contribution in [0.5, 0.6) is 0 Å². The van der Waals surface area contributed by atoms with Gasteiger partial charge in [-0.3, -0.25) is 10.1 Å². The average Bonchev–Trinajstić information content (AvgIpc) is 3.25. The topological polar surface area (TPSA) is 84.5 Å². The van der Waals surface area contributed by atoms with E-state index in [-0.39, 0.29) is 0 Å². The minimum absolute atomic E-state index is 0.368. The van der Waals surface area contributed by atoms with Crippen LogP contribution in [0.25, 0.3) is 11.6 Å². The summed E-state index contributed by atoms with van der Waals surface area (Å²) in [6.45, 7) is 1.41. The number of carbonyl (C=O) groups is 3. The van der Waals surface area contributed by atoms with E-state index < -0.39 is 24.0 Å². The zero-order chi connectivity index (χ0) is 17.5. The van der Waals surface area contributed by atoms with Crippen LogP contribution in [0.1, 0.15) is 16.7 Å². The SMILES string of the molecule is CNC(=O)NC(=O)[C@H](C)OC(=O)/C(=C/c1cccs1)c1cccs1. The monoisotopic (exact) mass is 364 g/mol. The Balaban J connectivity index is 2.14. The minimum Gasteiger partial charge on any atom is -0.449 e. The molecule has 0 aromatic carbocycles. The fourth-order valence-electron chi connectivity index (χ4n) is 1.73. The van der Waals surface area contributed by atoms with Gasteiger partial charge in [-0.15, -0.1) is 22.7 Å². The number of rotatable bonds is 5. The molecule has 0 saturated carbocycles. The number of urea groups is 1. The van der Waals surface area contributed by atoms with Crippen molar-refractivity contribution in [3.63, 3.8) is 0 Å². The molecule has 126 valence electrons. The molecule has 0 aliphatic carbocycles. The smallest absolute Gasteiger partial charge is 0.340 e. The van der Waals surface area contributed by atoms with Gasteiger partial charge in [-0.05, 0) is 35.9 Å². The quantitative estimate of drug-likeness (QED) is 0.631. The summed E-state index contributed by atoms with van der Waals surface area (Å²) in [6, 6.07) is 6.74. The molecule has 3 amide bonds. The van der Waals surface area contributed by atoms with Crippen LogP contribution in [-0.2, 0) is 14.3 Å². The molecule has 0 unspecified atom stereocenters. The van der Waals surface area contributed by atoms with E-state index in [1.54, 1.807) is 12.1 Å². The summed E-state index contributed by atoms with van der Waals surface area (Å²) < 4.78 is 5.20. The normalized spacial score (nSPS) is 12.3. The van der Waals surface area contributed by atoms with Crippen molar-refractivity contribution in [3.05, 3.63) is 44.8 Å². The largest absolute Gasteiger partial charge is 0.449 e. The van der Waals surface area contributed by atoms with Crippen LogP contribution < -0.4 is 10.6 Å². The second-order valence-corrected chi connectivity index (χ2v) is 6.59. The van der Waals surface area contributed by atoms with Crippen molar-refractivity contribution >= 4 is 52.2 Å². The number of nitrogens with one attached hydrogen (secondary N) is 2. The Morgan fingerprint density at radius 1 is 1.17 bits per heavy atom. The maximum Gasteiger partial charge on any atom is 0.340 e. The highest BCUT2D eigenvalue weighted by Gasteiger charge is 2.23. The lowest BCUT2D eigenvalue weighted by molar-refractivity contribution is -0.148. The number of esters is 1. The van der Waals surface area contributed by atoms with E-state index in [2.05, 4.69) is 10.6 Å². The Morgan fingerprint density at radius 2 is 1.88 bits per heavy atom. The third-order valence-corrected chi connectivity index (χ3v) is 4.68. The molecule has 24 heavy (non-hydrogen) atoms. The predicted molar refractivity (Wildman–Crippen MR) is 94.7 cm³/mol. The Hall–Kier alpha value is -2.45. The molecule has 0 fully saturated rings. The molecule has 0 saturated heterocycles. The summed E-state index contributed by atoms with van der Waals surface area (Å²) in [7, 11) is 1.39. The molecule has 2 rings (SSSR count). The Morgan fingerprint density at radius 3 is 2.46 bits per heavy atom. The van der Waals surface area contributed by atoms with Crippen molar-refractivity contribution in [1.82, 2.24) is 10.6 Å². The van der Waals surface area contributed by atoms with Crippen LogP contribution in [0.2, 0.25) is 0 Å². The highest BCUT2D eigenvalue weighted by Crippen LogP contribution is 2.26. The van der Waals surface area contributed by atoms with Gasteiger partial charge in [0.25, 0.3) is 5.91 Å². The Bertz CT molecular complexity index is 736. The van der Waals surface area contributed by atoms with E-state index in [0.717, 1.165) is 9.75 Å². The molecule has 2 aromatic heterocycles. The van der Waals surface area contributed by atoms with Gasteiger partial charge in [-0.1, -0.05) is 12.1 Å². The second kappa shape index (κ2) is 8.42. The van der Waals surface area contributed by atoms with Gasteiger partial charge >= 0.3 is 12.0 Å². The third kappa shape index (κ3) is 4.77. The Kier molecular flexibility index (Phi) is 6.28. The zero-order valence-electron chi connectivity index (χ0n) is 13.1. The molecule has 0 radical (unpaired) electrons. The molecule has 2 aromatic rings. The highest BCUT2D eigenvalue weighted by molar-refractivity contribution is 7.12. The fourth-order valence-corrected chi connectivity index (χ4v) is 3.12. The maximum atomic E-state index is 12.5. The summed E-state index contributed by atoms with van der Waals surface area (Å²) in [5.41, 5.74) is 0.368. The first-order valence-electron chi connectivity index (χ1n) is 7.04. The predicted octanol–water partition coefficient (Wildman–Crippen LogP) is 2.74. The van der Waals surface area contributed by atoms with Gasteiger partial charge in [0.05, 0.1) is 5.57 Å². The van der Waals surface area contributed by atoms with Crippen molar-refractivity contribution in [2.75, 3.05) is 7.05 Å². The molecule has 0 aliphatic rings. The molecular formula is C16H16N2O4S2. The molecule has 2 heterocycles. The van der Waals surface area contributed by atoms with E-state index in [0.29, 0.717) is 5.57 Å². The molecule has 0 bridgehead atoms. The number of carbonyl (C=O) groups excluding carboxylic acids is 3. The first kappa shape index (κ1) is 17.9. The summed E-state index contributed by atoms with van der Waals surface area (Å²) >= 11 is 2.89. The van der Waals surface area contributed by atoms with Gasteiger partial charge in [-0.25, -0.2) is 9.59 Å². The van der Waals surface area contributed by atoms with Crippen LogP contribution in [0, 0.1) is 0 Å². The van der Waals surface area contributed by atoms with Crippen LogP contribution in [-0.4, -0.2) is 31.1 Å². The number of imide groups is 1. The van der Waals surface area contributed by atoms with E-state index in [9.17, 15) is 14.4 Å². The summed E-state index contributed by atoms with van der Waals surface area (Å²) in [6.07, 6.45) is 0.629. The second-order valence-electron chi connectivity index (χ2n) is 4.67. The standard InChI is InChI=1S/C16H16N2O4S2/c1-10(14(19)18-16(21)17-2)22-15(20)12(13-6-4-8-24-13)9-11-5-3-7-23-11/h3-10H,1-2H3,(H2,17,18,19,21)/b12-9+/t10-/m0/s1. The molecule has 1 atom stereocenters. The maximum absolute atomic E-state index is 12.5. The van der Waals surface area contributed by atoms with E-state index in [1.165, 1.54) is 36.6 Å². The van der Waals surface area contributed by atoms with Gasteiger partial charge in [-0.2, -0.15) is 0 Å². The molecule has 0 aliphatic heterocycles. The zero-order valence-corrected chi connectivity index (χ0v) is 14.7. The van der Waals surface area contributed by atoms with Crippen LogP contribution >= 0.6 is 22.7 Å². The number of amides is 3. The lowest BCUT2D eigenvalue weighted by Gasteiger charge is -2.13. The van der Waals surface area contributed by atoms with Gasteiger partial charge in [0, 0.05) is 16.8 Å². The Labute approximate surface area is 147 Å². The van der Waals surface area contributed by atoms with Crippen LogP contribution in [0.15, 0.2) is 35.0 Å². The lowest BCUT2D eigenvalue weighted by Crippen LogP contribution is -2.43. The van der Waals surface area contributed by atoms with Crippen molar-refractivity contribution in [1.29, 1.82) is 0 Å². The summed E-state index contributed by atoms with van der Waals surface area (Å²) in [4.78, 5) is 37.1. The molecule has 0 spiro atoms. The van der Waals surface area contributed by atoms with Gasteiger partial charge in [0.2, 0.25) is 0 Å². The molecular weight excluding hydrogens is 348 g/mol. The van der Waals surface area contributed by atoms with E-state index in [4.69, 9.17) is 4.74 Å². The van der Waals surface area contributed by atoms with Crippen molar-refractivity contribution < 1.29 is 19.1 Å². The third-order valence-electron chi connectivity index (χ3n) is 2.95. The minimum atomic E-state index is -1.10. The number of ether oxygens (including phenoxy) is 1. The summed E-state index contributed by atoms with van der Waals surface area (Å²) in [5.74, 6) is -1.31. The van der Waals surface area contributed by atoms with Crippen molar-refractivity contribution in [3.8, 4) is 0 Å². The van der Waals surface area contributed by atoms with Crippen molar-refractivity contribution in [2.45, 2.75) is 13.0 Å². The van der Waals surface area contributed by atoms with Crippen LogP contribution in [0.4, 0.5) is 4.79 Å². The van der Waals surface area contributed by atoms with Crippen LogP contribution in [0.3, 0.4) is 0 Å². The summed E-state index contributed by atoms with van der Waals surface area (Å²) in [5, 5.41) is 8.09. The lowest BCUT2D eigenvalue weighted by atomic mass is 10.2. The fraction of sp³-hybridized carbons (Fsp3) is 0.188. The number of thiophene rings is 2. The number of hydrogen-bond donors (Lipinski definition) is 2. The molecule has 8 heteroatoms. The van der Waals surface area contributed by atoms with Gasteiger partial charge < -0.3 is 10.1 Å². The van der Waals surface area contributed by atoms with E-state index >= 15 is 0 Å². The average molecular weight is 364 g/mol. The van der Waals surface area contributed by atoms with Gasteiger partial charge in [0.15, 0.2) is 6.10 Å². The highest BCUT2D eigenvalue weighted by atomic mass is 32.1. The number of hydrogen-bond acceptors (Lipinski definition) is 6. The molecule has 2 N–H and O–H groups in total. The van der Waals surface area contributed by atoms with Crippen molar-refractivity contribution in [2.24, 2.45) is 0 Å². The first-order chi connectivity index (χ1) is 11.5. The first-order valence-corrected chi connectivity index (χ1v) is 8.80. The van der Waals surface area contributed by atoms with Gasteiger partial charge in [0.1, 0.15) is 0 Å².